The summed E-state index contributed by atoms with van der Waals surface area (Å²) in [6, 6.07) is -5.64. The van der Waals surface area contributed by atoms with E-state index in [0.29, 0.717) is 42.0 Å². The smallest absolute Gasteiger partial charge is 0.408 e. The Hall–Kier alpha value is -3.84. The molecule has 3 saturated carbocycles. The van der Waals surface area contributed by atoms with Crippen molar-refractivity contribution in [1.29, 1.82) is 0 Å². The second-order valence-electron chi connectivity index (χ2n) is 33.2. The van der Waals surface area contributed by atoms with Crippen LogP contribution in [0.4, 0.5) is 9.59 Å². The second-order valence-corrected chi connectivity index (χ2v) is 48.9. The number of Topliss-reactive ketones (excluding diaryl/α,β-unsaturated/α-hetero) is 5. The van der Waals surface area contributed by atoms with Crippen LogP contribution in [0, 0.1) is 0 Å². The summed E-state index contributed by atoms with van der Waals surface area (Å²) >= 11 is 12.2. The van der Waals surface area contributed by atoms with Gasteiger partial charge in [-0.15, -0.1) is 0 Å². The number of unbranched alkanes of at least 4 members (excludes halogenated alkanes) is 2. The Morgan fingerprint density at radius 2 is 0.628 bits per heavy atom. The summed E-state index contributed by atoms with van der Waals surface area (Å²) < 4.78 is 19.2. The molecule has 0 aromatic heterocycles. The number of thioether (sulfide) groups is 6. The number of rotatable bonds is 60. The average molecular weight is 2060 g/mol. The number of hydrogen-bond donors (Lipinski definition) is 13. The van der Waals surface area contributed by atoms with Crippen molar-refractivity contribution < 1.29 is 121 Å². The molecule has 0 bridgehead atoms. The van der Waals surface area contributed by atoms with E-state index in [0.717, 1.165) is 91.5 Å². The Kier molecular flexibility index (Phi) is 82.1. The van der Waals surface area contributed by atoms with E-state index in [9.17, 15) is 86.9 Å². The van der Waals surface area contributed by atoms with Crippen LogP contribution in [0.5, 0.6) is 0 Å². The van der Waals surface area contributed by atoms with Crippen molar-refractivity contribution in [2.45, 2.75) is 344 Å². The molecule has 0 spiro atoms. The number of nitrogens with two attached hydrogens (primary N) is 4. The Morgan fingerprint density at radius 3 is 0.876 bits per heavy atom. The molecular formula is C84H154N8O25S12. The van der Waals surface area contributed by atoms with E-state index in [-0.39, 0.29) is 121 Å². The lowest BCUT2D eigenvalue weighted by Crippen LogP contribution is -2.44. The van der Waals surface area contributed by atoms with Crippen LogP contribution in [-0.2, 0) is 86.1 Å². The van der Waals surface area contributed by atoms with Crippen molar-refractivity contribution in [2.24, 2.45) is 22.9 Å². The first kappa shape index (κ1) is 134. The third-order valence-corrected chi connectivity index (χ3v) is 33.3. The summed E-state index contributed by atoms with van der Waals surface area (Å²) in [6.07, 6.45) is 13.8. The number of ether oxygens (including phenoxy) is 4. The van der Waals surface area contributed by atoms with Gasteiger partial charge in [-0.3, -0.25) is 38.4 Å². The van der Waals surface area contributed by atoms with Gasteiger partial charge in [0.25, 0.3) is 12.9 Å². The van der Waals surface area contributed by atoms with Gasteiger partial charge in [-0.1, -0.05) is 98.9 Å². The van der Waals surface area contributed by atoms with Crippen molar-refractivity contribution in [2.75, 3.05) is 82.1 Å². The lowest BCUT2D eigenvalue weighted by Gasteiger charge is -2.35. The molecule has 3 fully saturated rings. The van der Waals surface area contributed by atoms with Crippen LogP contribution < -0.4 is 44.2 Å². The number of carboxylic acid groups (broad SMARTS) is 5. The Morgan fingerprint density at radius 1 is 0.357 bits per heavy atom. The number of carboxylic acids is 5. The number of carbonyl (C=O) groups excluding carboxylic acids is 11. The normalized spacial score (nSPS) is 17.2. The van der Waals surface area contributed by atoms with Gasteiger partial charge in [-0.25, -0.2) is 24.0 Å². The number of hydrogen-bond acceptors (Lipinski definition) is 36. The van der Waals surface area contributed by atoms with Gasteiger partial charge in [0.1, 0.15) is 69.7 Å². The standard InChI is InChI=1S/C27H44N2O7S4.C22H40N2O5S4.C11H20N2O6S2.C8H18N2S2.C5H8O3.2C5H10O2.CH4/c1-4-5-14-37-23-10-11-24(23)38-15-6-7-22(32)20(28-25(33)12-8-18(2)30)16-39-40-17-21(27(35)36)29-26(34)13-9-19(3)31;1-5-6-11-30-18-9-10-19(18)31-12-7-8-17(25)15(23)13-32-33-14-16(20(26)27)24-21(28)29-22(2,3)4;1-11(2,3)19-10(18)13-7(9(16)17)5-21-20-4-6(12)8(14)15;9-3-5-11-7-1-2-8(7)12-6-4-10;1-4(6)2-3-5(7)8;2*1-5(2,3)7-4-6;/h20-21,23-24H,4-17H2,1-3H3,(H,28,33)(H,29,34)(H,35,36);15-16,18-19H,5-14,23H2,1-4H3,(H,24,28)(H,26,27);6-7H,4-5,12H2,1-3H3,(H,13,18)(H,14,15)(H,16,17);7-8H,1-6,9-10H2;2-3H2,1H3,(H,7,8);2*4H,1-3H3;1H4. The maximum Gasteiger partial charge on any atom is 0.408 e. The first-order chi connectivity index (χ1) is 59.7. The Balaban J connectivity index is -0.000000511. The zero-order valence-electron chi connectivity index (χ0n) is 77.7. The zero-order chi connectivity index (χ0) is 98.6. The van der Waals surface area contributed by atoms with Gasteiger partial charge >= 0.3 is 42.0 Å². The summed E-state index contributed by atoms with van der Waals surface area (Å²) in [5, 5.41) is 58.7. The van der Waals surface area contributed by atoms with Crippen LogP contribution in [-0.4, -0.2) is 294 Å². The lowest BCUT2D eigenvalue weighted by atomic mass is 9.99. The Bertz CT molecular complexity index is 3170. The molecule has 3 aliphatic carbocycles. The number of aliphatic carboxylic acids is 5. The SMILES string of the molecule is C.CC(=O)CCC(=O)O.CC(C)(C)OC(=O)NC(CSSCC(N)C(=O)O)C(=O)O.CC(C)(C)OC=O.CC(C)(C)OC=O.CCCCSC1CCC1SCCCC(=O)C(CSSCC(NC(=O)CCC(C)=O)C(=O)O)NC(=O)CCC(C)=O.CCCCSC1CCC1SCCCC(=O)C(N)CSSCC(NC(=O)OC(C)(C)C)C(=O)O.NCCSC1CCC1SCCN. The zero-order valence-corrected chi connectivity index (χ0v) is 87.5. The summed E-state index contributed by atoms with van der Waals surface area (Å²) in [5.74, 6) is 0.824. The molecule has 0 aromatic rings. The molecule has 4 amide bonds. The van der Waals surface area contributed by atoms with Gasteiger partial charge in [-0.05, 0) is 191 Å². The van der Waals surface area contributed by atoms with E-state index in [2.05, 4.69) is 68.1 Å². The minimum Gasteiger partial charge on any atom is -0.481 e. The van der Waals surface area contributed by atoms with E-state index < -0.39 is 95.4 Å². The molecule has 0 radical (unpaired) electrons. The maximum atomic E-state index is 13.0. The fourth-order valence-electron chi connectivity index (χ4n) is 9.17. The quantitative estimate of drug-likeness (QED) is 0.0116. The van der Waals surface area contributed by atoms with Gasteiger partial charge < -0.3 is 103 Å². The number of amides is 4. The highest BCUT2D eigenvalue weighted by molar-refractivity contribution is 8.77. The highest BCUT2D eigenvalue weighted by Gasteiger charge is 2.35. The molecule has 129 heavy (non-hydrogen) atoms. The molecule has 752 valence electrons. The van der Waals surface area contributed by atoms with Crippen LogP contribution in [0.3, 0.4) is 0 Å². The van der Waals surface area contributed by atoms with Gasteiger partial charge in [0.15, 0.2) is 5.78 Å². The van der Waals surface area contributed by atoms with E-state index in [4.69, 9.17) is 47.7 Å². The highest BCUT2D eigenvalue weighted by atomic mass is 33.1. The van der Waals surface area contributed by atoms with Crippen LogP contribution in [0.2, 0.25) is 0 Å². The van der Waals surface area contributed by atoms with Crippen molar-refractivity contribution in [3.8, 4) is 0 Å². The first-order valence-electron chi connectivity index (χ1n) is 42.5. The van der Waals surface area contributed by atoms with Crippen LogP contribution in [0.25, 0.3) is 0 Å². The van der Waals surface area contributed by atoms with E-state index in [1.54, 1.807) is 41.5 Å². The predicted octanol–water partition coefficient (Wildman–Crippen LogP) is 13.8. The molecule has 3 rings (SSSR count). The van der Waals surface area contributed by atoms with Gasteiger partial charge in [-0.2, -0.15) is 70.6 Å². The van der Waals surface area contributed by atoms with Gasteiger partial charge in [0, 0.05) is 136 Å². The van der Waals surface area contributed by atoms with Gasteiger partial charge in [0.2, 0.25) is 11.8 Å². The molecule has 3 aliphatic rings. The summed E-state index contributed by atoms with van der Waals surface area (Å²) in [7, 11) is 7.31. The predicted molar refractivity (Wildman–Crippen MR) is 541 cm³/mol. The minimum atomic E-state index is -1.20. The first-order valence-corrected chi connectivity index (χ1v) is 56.3. The van der Waals surface area contributed by atoms with Crippen molar-refractivity contribution in [1.82, 2.24) is 21.3 Å². The molecule has 33 nitrogen and oxygen atoms in total. The Labute approximate surface area is 815 Å². The second kappa shape index (κ2) is 79.2. The summed E-state index contributed by atoms with van der Waals surface area (Å²) in [5.41, 5.74) is 20.2. The molecule has 0 aromatic carbocycles. The number of alkyl carbamates (subject to hydrolysis) is 2. The average Bonchev–Trinajstić information content (AvgIpc) is 0.863. The van der Waals surface area contributed by atoms with E-state index in [1.807, 2.05) is 88.6 Å². The molecule has 12 atom stereocenters. The number of carbonyl (C=O) groups is 16. The van der Waals surface area contributed by atoms with Crippen molar-refractivity contribution in [3.63, 3.8) is 0 Å². The third-order valence-electron chi connectivity index (χ3n) is 16.5. The molecule has 17 N–H and O–H groups in total. The molecule has 0 aliphatic heterocycles. The highest BCUT2D eigenvalue weighted by Crippen LogP contribution is 2.43. The van der Waals surface area contributed by atoms with Crippen LogP contribution in [0.15, 0.2) is 0 Å². The molecule has 0 heterocycles. The minimum absolute atomic E-state index is 0. The fraction of sp³-hybridized carbons (Fsp3) is 0.810. The van der Waals surface area contributed by atoms with E-state index in [1.165, 1.54) is 140 Å². The molecule has 0 saturated heterocycles. The van der Waals surface area contributed by atoms with Gasteiger partial charge in [0.05, 0.1) is 18.5 Å². The fourth-order valence-corrected chi connectivity index (χ4v) is 25.1. The molecule has 45 heteroatoms. The molecular weight excluding hydrogens is 1910 g/mol. The summed E-state index contributed by atoms with van der Waals surface area (Å²) in [4.78, 5) is 179. The van der Waals surface area contributed by atoms with E-state index >= 15 is 0 Å². The lowest BCUT2D eigenvalue weighted by molar-refractivity contribution is -0.141. The maximum absolute atomic E-state index is 13.0. The topological polar surface area (TPSA) is 563 Å². The van der Waals surface area contributed by atoms with Crippen molar-refractivity contribution >= 4 is 231 Å². The van der Waals surface area contributed by atoms with Crippen molar-refractivity contribution in [3.05, 3.63) is 0 Å². The third kappa shape index (κ3) is 83.3. The largest absolute Gasteiger partial charge is 0.481 e. The number of nitrogens with one attached hydrogen (secondary N) is 4. The van der Waals surface area contributed by atoms with Crippen LogP contribution in [0.1, 0.15) is 254 Å². The molecule has 12 unspecified atom stereocenters. The monoisotopic (exact) mass is 2060 g/mol. The number of ketones is 5. The summed E-state index contributed by atoms with van der Waals surface area (Å²) in [6.45, 7) is 32.2. The van der Waals surface area contributed by atoms with Crippen LogP contribution >= 0.6 is 135 Å².